The zero-order valence-corrected chi connectivity index (χ0v) is 17.9. The number of H-pyrrole nitrogens is 1. The number of aromatic nitrogens is 2. The predicted molar refractivity (Wildman–Crippen MR) is 114 cm³/mol. The molecule has 0 spiro atoms. The molecule has 11 heteroatoms. The predicted octanol–water partition coefficient (Wildman–Crippen LogP) is 4.75. The number of amides is 2. The van der Waals surface area contributed by atoms with Crippen molar-refractivity contribution < 1.29 is 31.9 Å². The summed E-state index contributed by atoms with van der Waals surface area (Å²) in [5.74, 6) is -1.37. The van der Waals surface area contributed by atoms with E-state index in [1.807, 2.05) is 0 Å². The van der Waals surface area contributed by atoms with Gasteiger partial charge >= 0.3 is 12.2 Å². The lowest BCUT2D eigenvalue weighted by molar-refractivity contribution is -0.137. The van der Waals surface area contributed by atoms with E-state index < -0.39 is 41.6 Å². The second-order valence-corrected chi connectivity index (χ2v) is 8.47. The number of nitrogens with zero attached hydrogens (tertiary/aromatic N) is 1. The first-order valence-corrected chi connectivity index (χ1v) is 10.8. The maximum Gasteiger partial charge on any atom is 0.416 e. The molecule has 1 unspecified atom stereocenters. The van der Waals surface area contributed by atoms with Crippen LogP contribution in [0.1, 0.15) is 48.7 Å². The van der Waals surface area contributed by atoms with Crippen LogP contribution in [0, 0.1) is 11.6 Å². The van der Waals surface area contributed by atoms with E-state index in [0.29, 0.717) is 37.3 Å². The van der Waals surface area contributed by atoms with E-state index >= 15 is 0 Å². The van der Waals surface area contributed by atoms with E-state index in [-0.39, 0.29) is 29.4 Å². The number of rotatable bonds is 5. The minimum absolute atomic E-state index is 0.0503. The number of carbonyl (C=O) groups excluding carboxylic acids is 1. The highest BCUT2D eigenvalue weighted by molar-refractivity contribution is 5.76. The number of aliphatic hydroxyl groups is 1. The number of alkyl halides is 3. The Morgan fingerprint density at radius 3 is 2.53 bits per heavy atom. The molecule has 1 saturated carbocycles. The molecule has 4 rings (SSSR count). The fraction of sp³-hybridized carbons (Fsp3) is 0.391. The molecule has 1 atom stereocenters. The van der Waals surface area contributed by atoms with Gasteiger partial charge in [-0.05, 0) is 55.5 Å². The van der Waals surface area contributed by atoms with Crippen LogP contribution in [0.2, 0.25) is 0 Å². The molecular weight excluding hydrogens is 459 g/mol. The first-order chi connectivity index (χ1) is 16.1. The third kappa shape index (κ3) is 5.64. The minimum atomic E-state index is -4.69. The number of imidazole rings is 1. The van der Waals surface area contributed by atoms with Crippen molar-refractivity contribution >= 4 is 17.1 Å². The Bertz CT molecular complexity index is 1170. The molecule has 2 aromatic carbocycles. The number of fused-ring (bicyclic) bond motifs is 1. The smallest absolute Gasteiger partial charge is 0.393 e. The number of aliphatic hydroxyl groups excluding tert-OH is 1. The van der Waals surface area contributed by atoms with E-state index in [9.17, 15) is 31.9 Å². The van der Waals surface area contributed by atoms with Crippen LogP contribution < -0.4 is 10.6 Å². The zero-order chi connectivity index (χ0) is 24.5. The van der Waals surface area contributed by atoms with Crippen molar-refractivity contribution in [2.75, 3.05) is 0 Å². The highest BCUT2D eigenvalue weighted by Gasteiger charge is 2.32. The van der Waals surface area contributed by atoms with Crippen LogP contribution in [0.3, 0.4) is 0 Å². The summed E-state index contributed by atoms with van der Waals surface area (Å²) in [5, 5.41) is 15.1. The van der Waals surface area contributed by atoms with Crippen LogP contribution in [-0.4, -0.2) is 33.3 Å². The monoisotopic (exact) mass is 482 g/mol. The molecule has 0 bridgehead atoms. The molecule has 4 N–H and O–H groups in total. The maximum atomic E-state index is 14.5. The topological polar surface area (TPSA) is 90.0 Å². The average molecular weight is 482 g/mol. The van der Waals surface area contributed by atoms with Crippen LogP contribution >= 0.6 is 0 Å². The second-order valence-electron chi connectivity index (χ2n) is 8.47. The number of halogens is 5. The zero-order valence-electron chi connectivity index (χ0n) is 17.9. The molecule has 1 aliphatic rings. The molecule has 34 heavy (non-hydrogen) atoms. The molecule has 0 radical (unpaired) electrons. The maximum absolute atomic E-state index is 14.5. The quantitative estimate of drug-likeness (QED) is 0.396. The van der Waals surface area contributed by atoms with Crippen LogP contribution in [0.15, 0.2) is 36.4 Å². The number of urea groups is 1. The fourth-order valence-corrected chi connectivity index (χ4v) is 4.09. The summed E-state index contributed by atoms with van der Waals surface area (Å²) < 4.78 is 66.8. The van der Waals surface area contributed by atoms with Crippen LogP contribution in [-0.2, 0) is 12.6 Å². The molecule has 1 fully saturated rings. The standard InChI is InChI=1S/C23H23F5N4O2/c24-14-3-8-18-19(11-14)31-21(30-18)20(32-22(34)29-15-4-6-16(33)7-5-15)9-12-1-2-13(10-17(12)25)23(26,27)28/h1-3,8,10-11,15-16,20,33H,4-7,9H2,(H,30,31)(H2,29,32,34)/t15-,16-,20?. The van der Waals surface area contributed by atoms with Gasteiger partial charge in [-0.3, -0.25) is 0 Å². The van der Waals surface area contributed by atoms with Gasteiger partial charge in [0.15, 0.2) is 0 Å². The van der Waals surface area contributed by atoms with Crippen LogP contribution in [0.25, 0.3) is 11.0 Å². The number of benzene rings is 2. The van der Waals surface area contributed by atoms with E-state index in [1.165, 1.54) is 18.2 Å². The Kier molecular flexibility index (Phi) is 6.74. The van der Waals surface area contributed by atoms with Crippen LogP contribution in [0.4, 0.5) is 26.7 Å². The summed E-state index contributed by atoms with van der Waals surface area (Å²) in [6.45, 7) is 0. The summed E-state index contributed by atoms with van der Waals surface area (Å²) >= 11 is 0. The summed E-state index contributed by atoms with van der Waals surface area (Å²) in [5.41, 5.74) is -0.394. The summed E-state index contributed by atoms with van der Waals surface area (Å²) in [6.07, 6.45) is -2.97. The normalized spacial score (nSPS) is 19.7. The van der Waals surface area contributed by atoms with Crippen molar-refractivity contribution in [2.24, 2.45) is 0 Å². The number of carbonyl (C=O) groups is 1. The number of hydrogen-bond donors (Lipinski definition) is 4. The van der Waals surface area contributed by atoms with Gasteiger partial charge in [0.1, 0.15) is 17.5 Å². The van der Waals surface area contributed by atoms with E-state index in [0.717, 1.165) is 12.1 Å². The van der Waals surface area contributed by atoms with E-state index in [1.54, 1.807) is 0 Å². The van der Waals surface area contributed by atoms with E-state index in [2.05, 4.69) is 20.6 Å². The number of hydrogen-bond acceptors (Lipinski definition) is 3. The Morgan fingerprint density at radius 2 is 1.85 bits per heavy atom. The van der Waals surface area contributed by atoms with Gasteiger partial charge in [-0.1, -0.05) is 6.07 Å². The molecule has 2 amide bonds. The van der Waals surface area contributed by atoms with Gasteiger partial charge in [0.05, 0.1) is 28.7 Å². The van der Waals surface area contributed by atoms with Crippen molar-refractivity contribution in [3.05, 3.63) is 65.0 Å². The summed E-state index contributed by atoms with van der Waals surface area (Å²) in [4.78, 5) is 19.9. The Hall–Kier alpha value is -3.21. The molecular formula is C23H23F5N4O2. The lowest BCUT2D eigenvalue weighted by Gasteiger charge is -2.27. The van der Waals surface area contributed by atoms with Crippen molar-refractivity contribution in [2.45, 2.75) is 56.5 Å². The molecule has 182 valence electrons. The SMILES string of the molecule is O=C(NC(Cc1ccc(C(F)(F)F)cc1F)c1nc2cc(F)ccc2[nH]1)N[C@H]1CC[C@H](O)CC1. The van der Waals surface area contributed by atoms with Gasteiger partial charge in [0.2, 0.25) is 0 Å². The first-order valence-electron chi connectivity index (χ1n) is 10.8. The third-order valence-electron chi connectivity index (χ3n) is 5.94. The molecule has 1 heterocycles. The third-order valence-corrected chi connectivity index (χ3v) is 5.94. The Morgan fingerprint density at radius 1 is 1.12 bits per heavy atom. The Labute approximate surface area is 191 Å². The first kappa shape index (κ1) is 23.9. The molecule has 0 saturated heterocycles. The van der Waals surface area contributed by atoms with Gasteiger partial charge in [-0.2, -0.15) is 13.2 Å². The molecule has 0 aliphatic heterocycles. The Balaban J connectivity index is 1.57. The minimum Gasteiger partial charge on any atom is -0.393 e. The van der Waals surface area contributed by atoms with Crippen LogP contribution in [0.5, 0.6) is 0 Å². The molecule has 3 aromatic rings. The highest BCUT2D eigenvalue weighted by Crippen LogP contribution is 2.31. The molecule has 6 nitrogen and oxygen atoms in total. The highest BCUT2D eigenvalue weighted by atomic mass is 19.4. The fourth-order valence-electron chi connectivity index (χ4n) is 4.09. The van der Waals surface area contributed by atoms with Gasteiger partial charge in [0.25, 0.3) is 0 Å². The molecule has 1 aromatic heterocycles. The van der Waals surface area contributed by atoms with E-state index in [4.69, 9.17) is 0 Å². The lowest BCUT2D eigenvalue weighted by Crippen LogP contribution is -2.45. The second kappa shape index (κ2) is 9.57. The van der Waals surface area contributed by atoms with Gasteiger partial charge < -0.3 is 20.7 Å². The van der Waals surface area contributed by atoms with Gasteiger partial charge in [-0.25, -0.2) is 18.6 Å². The summed E-state index contributed by atoms with van der Waals surface area (Å²) in [7, 11) is 0. The average Bonchev–Trinajstić information content (AvgIpc) is 3.18. The summed E-state index contributed by atoms with van der Waals surface area (Å²) in [6, 6.07) is 4.44. The molecule has 1 aliphatic carbocycles. The largest absolute Gasteiger partial charge is 0.416 e. The van der Waals surface area contributed by atoms with Crippen molar-refractivity contribution in [3.8, 4) is 0 Å². The number of nitrogens with one attached hydrogen (secondary N) is 3. The van der Waals surface area contributed by atoms with Crippen molar-refractivity contribution in [1.29, 1.82) is 0 Å². The van der Waals surface area contributed by atoms with Crippen molar-refractivity contribution in [3.63, 3.8) is 0 Å². The number of aromatic amines is 1. The lowest BCUT2D eigenvalue weighted by atomic mass is 9.93. The van der Waals surface area contributed by atoms with Gasteiger partial charge in [0, 0.05) is 18.5 Å². The van der Waals surface area contributed by atoms with Gasteiger partial charge in [-0.15, -0.1) is 0 Å². The van der Waals surface area contributed by atoms with Crippen molar-refractivity contribution in [1.82, 2.24) is 20.6 Å².